The van der Waals surface area contributed by atoms with Gasteiger partial charge < -0.3 is 14.2 Å². The van der Waals surface area contributed by atoms with Crippen LogP contribution in [0.4, 0.5) is 34.1 Å². The molecule has 3 heteroatoms. The summed E-state index contributed by atoms with van der Waals surface area (Å²) in [6, 6.07) is 81.6. The fourth-order valence-corrected chi connectivity index (χ4v) is 11.4. The Kier molecular flexibility index (Phi) is 9.32. The standard InChI is InChI=1S/C63H46N2O/c1-3-23-44(24-4-2)62(45-25-8-5-9-26-45)53-34-16-20-38-57(53)65(58-39-21-17-35-54(58)62)59-40-22-31-49-50-43-48(41-42-60(50)66-61(49)59)64-55-36-18-14-32-51(55)63(46-27-10-6-11-28-46,47-29-12-7-13-30-47)52-33-15-19-37-56(52)64/h3-43H,1H2,2H3/b24-4-,44-23+. The maximum absolute atomic E-state index is 7.06. The van der Waals surface area contributed by atoms with Crippen LogP contribution in [0, 0.1) is 0 Å². The van der Waals surface area contributed by atoms with Gasteiger partial charge in [0.05, 0.1) is 39.3 Å². The molecule has 66 heavy (non-hydrogen) atoms. The van der Waals surface area contributed by atoms with E-state index in [1.807, 2.05) is 6.08 Å². The van der Waals surface area contributed by atoms with E-state index in [2.05, 4.69) is 266 Å². The van der Waals surface area contributed by atoms with Crippen molar-refractivity contribution >= 4 is 56.1 Å². The molecule has 9 aromatic carbocycles. The van der Waals surface area contributed by atoms with Crippen molar-refractivity contribution in [2.24, 2.45) is 0 Å². The number of hydrogen-bond acceptors (Lipinski definition) is 3. The number of nitrogens with zero attached hydrogens (tertiary/aromatic N) is 2. The lowest BCUT2D eigenvalue weighted by Gasteiger charge is -2.46. The number of hydrogen-bond donors (Lipinski definition) is 0. The molecule has 3 nitrogen and oxygen atoms in total. The first-order chi connectivity index (χ1) is 32.7. The van der Waals surface area contributed by atoms with E-state index in [1.54, 1.807) is 0 Å². The van der Waals surface area contributed by atoms with E-state index in [0.717, 1.165) is 61.6 Å². The second kappa shape index (κ2) is 15.7. The number of furan rings is 1. The van der Waals surface area contributed by atoms with Crippen molar-refractivity contribution in [2.75, 3.05) is 9.80 Å². The van der Waals surface area contributed by atoms with E-state index < -0.39 is 10.8 Å². The van der Waals surface area contributed by atoms with Gasteiger partial charge in [-0.3, -0.25) is 0 Å². The Morgan fingerprint density at radius 3 is 1.45 bits per heavy atom. The molecule has 314 valence electrons. The van der Waals surface area contributed by atoms with Gasteiger partial charge in [-0.25, -0.2) is 0 Å². The molecule has 0 bridgehead atoms. The first-order valence-corrected chi connectivity index (χ1v) is 22.8. The van der Waals surface area contributed by atoms with E-state index in [1.165, 1.54) is 38.9 Å². The van der Waals surface area contributed by atoms with Crippen LogP contribution in [0.1, 0.15) is 45.9 Å². The zero-order valence-corrected chi connectivity index (χ0v) is 36.7. The van der Waals surface area contributed by atoms with Gasteiger partial charge in [-0.15, -0.1) is 0 Å². The third-order valence-corrected chi connectivity index (χ3v) is 13.9. The molecule has 0 spiro atoms. The van der Waals surface area contributed by atoms with Crippen LogP contribution in [0.5, 0.6) is 0 Å². The zero-order chi connectivity index (χ0) is 44.2. The maximum atomic E-state index is 7.06. The molecule has 0 N–H and O–H groups in total. The predicted octanol–water partition coefficient (Wildman–Crippen LogP) is 16.6. The van der Waals surface area contributed by atoms with Crippen molar-refractivity contribution in [1.82, 2.24) is 0 Å². The lowest BCUT2D eigenvalue weighted by atomic mass is 9.61. The van der Waals surface area contributed by atoms with Gasteiger partial charge in [0, 0.05) is 16.5 Å². The molecule has 0 saturated carbocycles. The van der Waals surface area contributed by atoms with Crippen molar-refractivity contribution < 1.29 is 4.42 Å². The second-order valence-corrected chi connectivity index (χ2v) is 17.1. The summed E-state index contributed by atoms with van der Waals surface area (Å²) in [5.41, 5.74) is 16.7. The highest BCUT2D eigenvalue weighted by atomic mass is 16.3. The Labute approximate surface area is 386 Å². The van der Waals surface area contributed by atoms with Gasteiger partial charge in [-0.05, 0) is 100.0 Å². The molecule has 10 aromatic rings. The molecule has 2 aliphatic heterocycles. The molecule has 0 unspecified atom stereocenters. The molecule has 0 saturated heterocycles. The lowest BCUT2D eigenvalue weighted by molar-refractivity contribution is 0.668. The summed E-state index contributed by atoms with van der Waals surface area (Å²) in [5, 5.41) is 2.12. The van der Waals surface area contributed by atoms with E-state index in [4.69, 9.17) is 4.42 Å². The highest BCUT2D eigenvalue weighted by molar-refractivity contribution is 6.12. The van der Waals surface area contributed by atoms with Crippen molar-refractivity contribution in [3.05, 3.63) is 300 Å². The maximum Gasteiger partial charge on any atom is 0.159 e. The molecule has 0 atom stereocenters. The second-order valence-electron chi connectivity index (χ2n) is 17.1. The van der Waals surface area contributed by atoms with Gasteiger partial charge in [0.2, 0.25) is 0 Å². The van der Waals surface area contributed by atoms with E-state index in [-0.39, 0.29) is 0 Å². The minimum atomic E-state index is -0.623. The highest BCUT2D eigenvalue weighted by Gasteiger charge is 2.48. The Balaban J connectivity index is 1.07. The van der Waals surface area contributed by atoms with Crippen LogP contribution in [-0.4, -0.2) is 0 Å². The molecule has 3 heterocycles. The Morgan fingerprint density at radius 2 is 0.924 bits per heavy atom. The van der Waals surface area contributed by atoms with E-state index in [0.29, 0.717) is 0 Å². The average molecular weight is 847 g/mol. The quantitative estimate of drug-likeness (QED) is 0.142. The largest absolute Gasteiger partial charge is 0.454 e. The van der Waals surface area contributed by atoms with Gasteiger partial charge in [0.15, 0.2) is 5.58 Å². The lowest BCUT2D eigenvalue weighted by Crippen LogP contribution is -2.38. The molecular formula is C63H46N2O. The summed E-state index contributed by atoms with van der Waals surface area (Å²) in [7, 11) is 0. The molecular weight excluding hydrogens is 801 g/mol. The third kappa shape index (κ3) is 5.56. The molecule has 2 aliphatic rings. The van der Waals surface area contributed by atoms with Crippen LogP contribution in [0.3, 0.4) is 0 Å². The van der Waals surface area contributed by atoms with Crippen molar-refractivity contribution in [3.63, 3.8) is 0 Å². The average Bonchev–Trinajstić information content (AvgIpc) is 3.76. The molecule has 0 fully saturated rings. The number of fused-ring (bicyclic) bond motifs is 7. The summed E-state index contributed by atoms with van der Waals surface area (Å²) >= 11 is 0. The highest BCUT2D eigenvalue weighted by Crippen LogP contribution is 2.60. The van der Waals surface area contributed by atoms with Crippen molar-refractivity contribution in [1.29, 1.82) is 0 Å². The first-order valence-electron chi connectivity index (χ1n) is 22.8. The number of para-hydroxylation sites is 5. The summed E-state index contributed by atoms with van der Waals surface area (Å²) in [6.45, 7) is 6.27. The first kappa shape index (κ1) is 39.2. The smallest absolute Gasteiger partial charge is 0.159 e. The van der Waals surface area contributed by atoms with Crippen LogP contribution in [0.2, 0.25) is 0 Å². The molecule has 0 amide bonds. The minimum absolute atomic E-state index is 0.540. The zero-order valence-electron chi connectivity index (χ0n) is 36.7. The SMILES string of the molecule is C=C/C=C(\C=C/C)C1(c2ccccc2)c2ccccc2N(c2cccc3c2oc2ccc(N4c5ccccc5C(c5ccccc5)(c5ccccc5)c5ccccc54)cc23)c2ccccc21. The van der Waals surface area contributed by atoms with E-state index >= 15 is 0 Å². The predicted molar refractivity (Wildman–Crippen MR) is 274 cm³/mol. The number of allylic oxidation sites excluding steroid dienone is 5. The Hall–Kier alpha value is -8.40. The Morgan fingerprint density at radius 1 is 0.455 bits per heavy atom. The normalized spacial score (nSPS) is 14.7. The van der Waals surface area contributed by atoms with Crippen LogP contribution < -0.4 is 9.80 Å². The summed E-state index contributed by atoms with van der Waals surface area (Å²) < 4.78 is 7.06. The summed E-state index contributed by atoms with van der Waals surface area (Å²) in [5.74, 6) is 0. The number of rotatable bonds is 8. The van der Waals surface area contributed by atoms with Crippen LogP contribution in [-0.2, 0) is 10.8 Å². The van der Waals surface area contributed by atoms with Gasteiger partial charge >= 0.3 is 0 Å². The van der Waals surface area contributed by atoms with Gasteiger partial charge in [-0.2, -0.15) is 0 Å². The molecule has 12 rings (SSSR count). The fourth-order valence-electron chi connectivity index (χ4n) is 11.4. The van der Waals surface area contributed by atoms with E-state index in [9.17, 15) is 0 Å². The van der Waals surface area contributed by atoms with Crippen LogP contribution in [0.25, 0.3) is 21.9 Å². The molecule has 1 aromatic heterocycles. The molecule has 0 aliphatic carbocycles. The molecule has 0 radical (unpaired) electrons. The van der Waals surface area contributed by atoms with Gasteiger partial charge in [0.25, 0.3) is 0 Å². The number of anilines is 6. The summed E-state index contributed by atoms with van der Waals surface area (Å²) in [4.78, 5) is 4.85. The van der Waals surface area contributed by atoms with Crippen molar-refractivity contribution in [3.8, 4) is 0 Å². The minimum Gasteiger partial charge on any atom is -0.454 e. The topological polar surface area (TPSA) is 19.6 Å². The third-order valence-electron chi connectivity index (χ3n) is 13.9. The van der Waals surface area contributed by atoms with Crippen LogP contribution >= 0.6 is 0 Å². The van der Waals surface area contributed by atoms with Crippen molar-refractivity contribution in [2.45, 2.75) is 17.8 Å². The van der Waals surface area contributed by atoms with Gasteiger partial charge in [-0.1, -0.05) is 207 Å². The summed E-state index contributed by atoms with van der Waals surface area (Å²) in [6.07, 6.45) is 8.43. The van der Waals surface area contributed by atoms with Gasteiger partial charge in [0.1, 0.15) is 5.58 Å². The Bertz CT molecular complexity index is 3390. The van der Waals surface area contributed by atoms with Crippen LogP contribution in [0.15, 0.2) is 265 Å². The fraction of sp³-hybridized carbons (Fsp3) is 0.0476. The number of benzene rings is 9. The monoisotopic (exact) mass is 846 g/mol.